The van der Waals surface area contributed by atoms with E-state index in [0.29, 0.717) is 5.75 Å². The van der Waals surface area contributed by atoms with Gasteiger partial charge in [0, 0.05) is 22.6 Å². The number of carboxylic acid groups (broad SMARTS) is 1. The van der Waals surface area contributed by atoms with Crippen LogP contribution in [0.2, 0.25) is 0 Å². The Balaban J connectivity index is 1.67. The van der Waals surface area contributed by atoms with E-state index in [1.165, 1.54) is 0 Å². The van der Waals surface area contributed by atoms with Gasteiger partial charge in [-0.15, -0.1) is 0 Å². The van der Waals surface area contributed by atoms with E-state index in [-0.39, 0.29) is 18.1 Å². The molecule has 2 aromatic carbocycles. The van der Waals surface area contributed by atoms with Gasteiger partial charge in [0.2, 0.25) is 0 Å². The van der Waals surface area contributed by atoms with Crippen LogP contribution in [-0.4, -0.2) is 34.4 Å². The normalized spacial score (nSPS) is 11.1. The number of nitrogens with one attached hydrogen (secondary N) is 1. The number of aryl methyl sites for hydroxylation is 4. The number of carbonyl (C=O) groups is 2. The number of aromatic carboxylic acids is 1. The SMILES string of the molecule is CCc1cc(C)cc(OCC(=O)N/N=C/c2cc(C)n(-c3ccc(C(=O)O)cc3C)c2C)c1. The summed E-state index contributed by atoms with van der Waals surface area (Å²) in [6.45, 7) is 9.74. The smallest absolute Gasteiger partial charge is 0.335 e. The Morgan fingerprint density at radius 3 is 2.52 bits per heavy atom. The molecule has 0 radical (unpaired) electrons. The predicted octanol–water partition coefficient (Wildman–Crippen LogP) is 4.50. The van der Waals surface area contributed by atoms with Crippen molar-refractivity contribution in [1.29, 1.82) is 0 Å². The Bertz CT molecular complexity index is 1220. The molecular weight excluding hydrogens is 418 g/mol. The van der Waals surface area contributed by atoms with Crippen LogP contribution < -0.4 is 10.2 Å². The summed E-state index contributed by atoms with van der Waals surface area (Å²) in [5.74, 6) is -0.634. The number of rotatable bonds is 8. The minimum absolute atomic E-state index is 0.127. The molecule has 0 aliphatic heterocycles. The van der Waals surface area contributed by atoms with Gasteiger partial charge >= 0.3 is 5.97 Å². The molecule has 1 amide bonds. The highest BCUT2D eigenvalue weighted by molar-refractivity contribution is 5.88. The number of nitrogens with zero attached hydrogens (tertiary/aromatic N) is 2. The Morgan fingerprint density at radius 2 is 1.85 bits per heavy atom. The van der Waals surface area contributed by atoms with Crippen LogP contribution in [0, 0.1) is 27.7 Å². The van der Waals surface area contributed by atoms with Gasteiger partial charge in [0.15, 0.2) is 6.61 Å². The fraction of sp³-hybridized carbons (Fsp3) is 0.269. The summed E-state index contributed by atoms with van der Waals surface area (Å²) < 4.78 is 7.64. The first kappa shape index (κ1) is 23.8. The van der Waals surface area contributed by atoms with Crippen molar-refractivity contribution in [2.45, 2.75) is 41.0 Å². The van der Waals surface area contributed by atoms with Crippen molar-refractivity contribution in [3.63, 3.8) is 0 Å². The highest BCUT2D eigenvalue weighted by Gasteiger charge is 2.13. The van der Waals surface area contributed by atoms with Gasteiger partial charge in [0.1, 0.15) is 5.75 Å². The van der Waals surface area contributed by atoms with Gasteiger partial charge in [-0.2, -0.15) is 5.10 Å². The van der Waals surface area contributed by atoms with E-state index >= 15 is 0 Å². The van der Waals surface area contributed by atoms with E-state index in [0.717, 1.165) is 45.7 Å². The highest BCUT2D eigenvalue weighted by atomic mass is 16.5. The molecule has 7 nitrogen and oxygen atoms in total. The molecule has 2 N–H and O–H groups in total. The lowest BCUT2D eigenvalue weighted by atomic mass is 10.1. The molecule has 0 saturated heterocycles. The number of amides is 1. The third kappa shape index (κ3) is 5.68. The molecule has 3 aromatic rings. The van der Waals surface area contributed by atoms with E-state index in [1.54, 1.807) is 24.4 Å². The zero-order valence-electron chi connectivity index (χ0n) is 19.6. The molecule has 33 heavy (non-hydrogen) atoms. The summed E-state index contributed by atoms with van der Waals surface area (Å²) in [5.41, 5.74) is 9.51. The third-order valence-electron chi connectivity index (χ3n) is 5.44. The monoisotopic (exact) mass is 447 g/mol. The lowest BCUT2D eigenvalue weighted by Crippen LogP contribution is -2.24. The molecule has 3 rings (SSSR count). The van der Waals surface area contributed by atoms with Crippen LogP contribution >= 0.6 is 0 Å². The maximum Gasteiger partial charge on any atom is 0.335 e. The summed E-state index contributed by atoms with van der Waals surface area (Å²) in [6, 6.07) is 12.9. The Kier molecular flexibility index (Phi) is 7.33. The average Bonchev–Trinajstić information content (AvgIpc) is 3.04. The molecule has 1 aromatic heterocycles. The second-order valence-corrected chi connectivity index (χ2v) is 8.06. The number of hydrogen-bond donors (Lipinski definition) is 2. The first-order valence-corrected chi connectivity index (χ1v) is 10.8. The van der Waals surface area contributed by atoms with Gasteiger partial charge in [-0.1, -0.05) is 13.0 Å². The van der Waals surface area contributed by atoms with Gasteiger partial charge in [0.05, 0.1) is 11.8 Å². The summed E-state index contributed by atoms with van der Waals surface area (Å²) in [6.07, 6.45) is 2.50. The minimum Gasteiger partial charge on any atom is -0.484 e. The lowest BCUT2D eigenvalue weighted by Gasteiger charge is -2.13. The largest absolute Gasteiger partial charge is 0.484 e. The first-order chi connectivity index (χ1) is 15.7. The number of benzene rings is 2. The van der Waals surface area contributed by atoms with Crippen molar-refractivity contribution in [3.05, 3.63) is 81.7 Å². The number of carbonyl (C=O) groups excluding carboxylic acids is 1. The molecule has 0 aliphatic carbocycles. The minimum atomic E-state index is -0.952. The molecule has 0 unspecified atom stereocenters. The molecule has 7 heteroatoms. The van der Waals surface area contributed by atoms with Crippen molar-refractivity contribution < 1.29 is 19.4 Å². The second-order valence-electron chi connectivity index (χ2n) is 8.06. The topological polar surface area (TPSA) is 92.9 Å². The van der Waals surface area contributed by atoms with Crippen molar-refractivity contribution in [2.75, 3.05) is 6.61 Å². The number of aromatic nitrogens is 1. The van der Waals surface area contributed by atoms with E-state index in [1.807, 2.05) is 50.5 Å². The van der Waals surface area contributed by atoms with Gasteiger partial charge in [-0.05, 0) is 87.2 Å². The Labute approximate surface area is 193 Å². The van der Waals surface area contributed by atoms with Crippen LogP contribution in [0.25, 0.3) is 5.69 Å². The number of carboxylic acids is 1. The number of hydrazone groups is 1. The van der Waals surface area contributed by atoms with Crippen molar-refractivity contribution in [1.82, 2.24) is 9.99 Å². The van der Waals surface area contributed by atoms with Gasteiger partial charge < -0.3 is 14.4 Å². The fourth-order valence-corrected chi connectivity index (χ4v) is 3.80. The summed E-state index contributed by atoms with van der Waals surface area (Å²) in [7, 11) is 0. The van der Waals surface area contributed by atoms with Gasteiger partial charge in [0.25, 0.3) is 5.91 Å². The van der Waals surface area contributed by atoms with Crippen molar-refractivity contribution in [2.24, 2.45) is 5.10 Å². The summed E-state index contributed by atoms with van der Waals surface area (Å²) in [4.78, 5) is 23.4. The molecule has 172 valence electrons. The van der Waals surface area contributed by atoms with Crippen LogP contribution in [0.5, 0.6) is 5.75 Å². The molecule has 0 bridgehead atoms. The van der Waals surface area contributed by atoms with Crippen LogP contribution in [0.15, 0.2) is 47.6 Å². The quantitative estimate of drug-likeness (QED) is 0.393. The molecule has 1 heterocycles. The van der Waals surface area contributed by atoms with Gasteiger partial charge in [-0.3, -0.25) is 4.79 Å². The molecule has 0 fully saturated rings. The Morgan fingerprint density at radius 1 is 1.09 bits per heavy atom. The van der Waals surface area contributed by atoms with Crippen LogP contribution in [0.4, 0.5) is 0 Å². The average molecular weight is 448 g/mol. The van der Waals surface area contributed by atoms with Crippen LogP contribution in [0.3, 0.4) is 0 Å². The summed E-state index contributed by atoms with van der Waals surface area (Å²) in [5, 5.41) is 13.3. The maximum absolute atomic E-state index is 12.2. The predicted molar refractivity (Wildman–Crippen MR) is 129 cm³/mol. The third-order valence-corrected chi connectivity index (χ3v) is 5.44. The van der Waals surface area contributed by atoms with Gasteiger partial charge in [-0.25, -0.2) is 10.2 Å². The Hall–Kier alpha value is -3.87. The summed E-state index contributed by atoms with van der Waals surface area (Å²) >= 11 is 0. The zero-order valence-corrected chi connectivity index (χ0v) is 19.6. The standard InChI is InChI=1S/C26H29N3O4/c1-6-20-9-16(2)10-23(13-20)33-15-25(30)28-27-14-22-12-18(4)29(19(22)5)24-8-7-21(26(31)32)11-17(24)3/h7-14H,6,15H2,1-5H3,(H,28,30)(H,31,32)/b27-14+. The molecule has 0 aliphatic rings. The van der Waals surface area contributed by atoms with Crippen molar-refractivity contribution >= 4 is 18.1 Å². The molecule has 0 saturated carbocycles. The number of ether oxygens (including phenoxy) is 1. The molecule has 0 spiro atoms. The molecule has 0 atom stereocenters. The highest BCUT2D eigenvalue weighted by Crippen LogP contribution is 2.23. The van der Waals surface area contributed by atoms with E-state index in [2.05, 4.69) is 23.5 Å². The van der Waals surface area contributed by atoms with Crippen LogP contribution in [-0.2, 0) is 11.2 Å². The molecular formula is C26H29N3O4. The maximum atomic E-state index is 12.2. The first-order valence-electron chi connectivity index (χ1n) is 10.8. The number of hydrogen-bond acceptors (Lipinski definition) is 4. The fourth-order valence-electron chi connectivity index (χ4n) is 3.80. The lowest BCUT2D eigenvalue weighted by molar-refractivity contribution is -0.123. The second kappa shape index (κ2) is 10.2. The van der Waals surface area contributed by atoms with Crippen molar-refractivity contribution in [3.8, 4) is 11.4 Å². The van der Waals surface area contributed by atoms with Crippen LogP contribution in [0.1, 0.15) is 50.9 Å². The van der Waals surface area contributed by atoms with E-state index in [9.17, 15) is 14.7 Å². The van der Waals surface area contributed by atoms with E-state index < -0.39 is 5.97 Å². The van der Waals surface area contributed by atoms with E-state index in [4.69, 9.17) is 4.74 Å². The zero-order chi connectivity index (χ0) is 24.1.